The molecule has 0 aliphatic heterocycles. The van der Waals surface area contributed by atoms with Crippen molar-refractivity contribution in [2.45, 2.75) is 56.0 Å². The number of nitro groups is 1. The van der Waals surface area contributed by atoms with Crippen LogP contribution < -0.4 is 4.72 Å². The van der Waals surface area contributed by atoms with Crippen LogP contribution in [0.25, 0.3) is 0 Å². The van der Waals surface area contributed by atoms with Crippen LogP contribution in [0.5, 0.6) is 0 Å². The zero-order chi connectivity index (χ0) is 18.7. The Morgan fingerprint density at radius 1 is 1.31 bits per heavy atom. The van der Waals surface area contributed by atoms with Crippen LogP contribution in [0.2, 0.25) is 0 Å². The maximum absolute atomic E-state index is 12.8. The number of aryl methyl sites for hydroxylation is 1. The van der Waals surface area contributed by atoms with E-state index in [1.807, 2.05) is 4.57 Å². The fraction of sp³-hybridized carbons (Fsp3) is 0.500. The first kappa shape index (κ1) is 18.5. The molecular formula is C16H21N5O4S. The van der Waals surface area contributed by atoms with E-state index >= 15 is 0 Å². The Labute approximate surface area is 151 Å². The molecule has 0 spiro atoms. The minimum atomic E-state index is -3.75. The van der Waals surface area contributed by atoms with Gasteiger partial charge in [-0.05, 0) is 43.7 Å². The molecule has 2 aromatic rings. The second-order valence-corrected chi connectivity index (χ2v) is 8.13. The van der Waals surface area contributed by atoms with E-state index in [9.17, 15) is 18.5 Å². The highest BCUT2D eigenvalue weighted by Gasteiger charge is 2.28. The molecule has 1 aliphatic rings. The summed E-state index contributed by atoms with van der Waals surface area (Å²) in [4.78, 5) is 10.5. The highest BCUT2D eigenvalue weighted by atomic mass is 32.2. The monoisotopic (exact) mass is 379 g/mol. The summed E-state index contributed by atoms with van der Waals surface area (Å²) in [6, 6.07) is 3.85. The van der Waals surface area contributed by atoms with Gasteiger partial charge in [0.2, 0.25) is 10.0 Å². The minimum Gasteiger partial charge on any atom is -0.317 e. The van der Waals surface area contributed by atoms with Crippen LogP contribution >= 0.6 is 0 Å². The molecule has 140 valence electrons. The van der Waals surface area contributed by atoms with E-state index < -0.39 is 14.9 Å². The van der Waals surface area contributed by atoms with Gasteiger partial charge in [-0.3, -0.25) is 10.1 Å². The summed E-state index contributed by atoms with van der Waals surface area (Å²) in [7, 11) is -3.75. The largest absolute Gasteiger partial charge is 0.317 e. The third-order valence-electron chi connectivity index (χ3n) is 4.75. The van der Waals surface area contributed by atoms with Gasteiger partial charge in [0.05, 0.1) is 9.82 Å². The highest BCUT2D eigenvalue weighted by Crippen LogP contribution is 2.30. The molecule has 1 fully saturated rings. The van der Waals surface area contributed by atoms with Crippen molar-refractivity contribution in [3.05, 3.63) is 46.5 Å². The van der Waals surface area contributed by atoms with Gasteiger partial charge in [0.15, 0.2) is 0 Å². The molecule has 2 unspecified atom stereocenters. The van der Waals surface area contributed by atoms with Crippen LogP contribution in [0.4, 0.5) is 5.69 Å². The summed E-state index contributed by atoms with van der Waals surface area (Å²) in [6.45, 7) is 1.78. The van der Waals surface area contributed by atoms with Gasteiger partial charge in [0, 0.05) is 24.2 Å². The summed E-state index contributed by atoms with van der Waals surface area (Å²) in [5.74, 6) is 0. The number of nitrogens with one attached hydrogen (secondary N) is 1. The number of hydrogen-bond donors (Lipinski definition) is 1. The van der Waals surface area contributed by atoms with E-state index in [1.165, 1.54) is 18.2 Å². The number of nitrogens with zero attached hydrogens (tertiary/aromatic N) is 4. The molecule has 9 nitrogen and oxygen atoms in total. The van der Waals surface area contributed by atoms with Crippen LogP contribution in [0.1, 0.15) is 44.2 Å². The zero-order valence-corrected chi connectivity index (χ0v) is 15.2. The lowest BCUT2D eigenvalue weighted by molar-refractivity contribution is -0.385. The van der Waals surface area contributed by atoms with Crippen molar-refractivity contribution in [3.63, 3.8) is 0 Å². The molecule has 1 N–H and O–H groups in total. The quantitative estimate of drug-likeness (QED) is 0.607. The number of aromatic nitrogens is 3. The Morgan fingerprint density at radius 2 is 2.04 bits per heavy atom. The number of nitro benzene ring substituents is 1. The number of rotatable bonds is 6. The van der Waals surface area contributed by atoms with E-state index in [0.717, 1.165) is 19.3 Å². The van der Waals surface area contributed by atoms with Crippen LogP contribution in [-0.2, 0) is 16.4 Å². The summed E-state index contributed by atoms with van der Waals surface area (Å²) in [5.41, 5.74) is 0.337. The summed E-state index contributed by atoms with van der Waals surface area (Å²) in [5, 5.41) is 18.5. The molecule has 0 radical (unpaired) electrons. The minimum absolute atomic E-state index is 0.105. The summed E-state index contributed by atoms with van der Waals surface area (Å²) in [6.07, 6.45) is 6.95. The molecular weight excluding hydrogens is 358 g/mol. The standard InChI is InChI=1S/C16H21N5O4S/c1-2-12-8-15(21(22)23)6-7-16(12)26(24,25)19-13-4-3-5-14(9-13)20-10-17-18-11-20/h6-8,10-11,13-14,19H,2-5,9H2,1H3. The van der Waals surface area contributed by atoms with Crippen LogP contribution in [0, 0.1) is 10.1 Å². The number of non-ortho nitro benzene ring substituents is 1. The van der Waals surface area contributed by atoms with Crippen molar-refractivity contribution in [2.75, 3.05) is 0 Å². The van der Waals surface area contributed by atoms with Crippen molar-refractivity contribution in [2.24, 2.45) is 0 Å². The molecule has 26 heavy (non-hydrogen) atoms. The average molecular weight is 379 g/mol. The summed E-state index contributed by atoms with van der Waals surface area (Å²) < 4.78 is 30.4. The molecule has 3 rings (SSSR count). The van der Waals surface area contributed by atoms with Crippen molar-refractivity contribution < 1.29 is 13.3 Å². The van der Waals surface area contributed by atoms with Crippen LogP contribution in [-0.4, -0.2) is 34.1 Å². The third-order valence-corrected chi connectivity index (χ3v) is 6.37. The second-order valence-electron chi connectivity index (χ2n) is 6.45. The second kappa shape index (κ2) is 7.50. The van der Waals surface area contributed by atoms with Gasteiger partial charge in [-0.2, -0.15) is 0 Å². The molecule has 1 heterocycles. The van der Waals surface area contributed by atoms with Gasteiger partial charge < -0.3 is 4.57 Å². The molecule has 0 saturated heterocycles. The Bertz CT molecular complexity index is 882. The lowest BCUT2D eigenvalue weighted by Crippen LogP contribution is -2.39. The predicted molar refractivity (Wildman–Crippen MR) is 94.1 cm³/mol. The van der Waals surface area contributed by atoms with Gasteiger partial charge in [-0.1, -0.05) is 6.92 Å². The van der Waals surface area contributed by atoms with E-state index in [0.29, 0.717) is 18.4 Å². The smallest absolute Gasteiger partial charge is 0.269 e. The molecule has 1 aromatic carbocycles. The van der Waals surface area contributed by atoms with Crippen molar-refractivity contribution in [1.82, 2.24) is 19.5 Å². The van der Waals surface area contributed by atoms with Crippen LogP contribution in [0.15, 0.2) is 35.7 Å². The Balaban J connectivity index is 1.79. The topological polar surface area (TPSA) is 120 Å². The maximum atomic E-state index is 12.8. The third kappa shape index (κ3) is 3.91. The van der Waals surface area contributed by atoms with Crippen molar-refractivity contribution >= 4 is 15.7 Å². The van der Waals surface area contributed by atoms with Gasteiger partial charge in [0.1, 0.15) is 12.7 Å². The first-order valence-corrected chi connectivity index (χ1v) is 10.0. The molecule has 0 bridgehead atoms. The number of hydrogen-bond acceptors (Lipinski definition) is 6. The highest BCUT2D eigenvalue weighted by molar-refractivity contribution is 7.89. The predicted octanol–water partition coefficient (Wildman–Crippen LogP) is 2.21. The van der Waals surface area contributed by atoms with Gasteiger partial charge in [-0.15, -0.1) is 10.2 Å². The number of sulfonamides is 1. The Hall–Kier alpha value is -2.33. The SMILES string of the molecule is CCc1cc([N+](=O)[O-])ccc1S(=O)(=O)NC1CCCC(n2cnnc2)C1. The Morgan fingerprint density at radius 3 is 2.69 bits per heavy atom. The van der Waals surface area contributed by atoms with E-state index in [2.05, 4.69) is 14.9 Å². The van der Waals surface area contributed by atoms with Gasteiger partial charge in [-0.25, -0.2) is 13.1 Å². The van der Waals surface area contributed by atoms with Gasteiger partial charge in [0.25, 0.3) is 5.69 Å². The molecule has 1 aliphatic carbocycles. The lowest BCUT2D eigenvalue weighted by Gasteiger charge is -2.30. The normalized spacial score (nSPS) is 20.8. The maximum Gasteiger partial charge on any atom is 0.269 e. The summed E-state index contributed by atoms with van der Waals surface area (Å²) >= 11 is 0. The van der Waals surface area contributed by atoms with Crippen LogP contribution in [0.3, 0.4) is 0 Å². The molecule has 0 amide bonds. The van der Waals surface area contributed by atoms with E-state index in [1.54, 1.807) is 19.6 Å². The molecule has 1 saturated carbocycles. The zero-order valence-electron chi connectivity index (χ0n) is 14.4. The van der Waals surface area contributed by atoms with E-state index in [-0.39, 0.29) is 22.7 Å². The molecule has 1 aromatic heterocycles. The average Bonchev–Trinajstić information content (AvgIpc) is 3.15. The lowest BCUT2D eigenvalue weighted by atomic mass is 9.91. The Kier molecular flexibility index (Phi) is 5.33. The molecule has 2 atom stereocenters. The van der Waals surface area contributed by atoms with Crippen molar-refractivity contribution in [3.8, 4) is 0 Å². The number of benzene rings is 1. The first-order chi connectivity index (χ1) is 12.4. The molecule has 10 heteroatoms. The van der Waals surface area contributed by atoms with Crippen molar-refractivity contribution in [1.29, 1.82) is 0 Å². The fourth-order valence-corrected chi connectivity index (χ4v) is 5.02. The fourth-order valence-electron chi connectivity index (χ4n) is 3.44. The first-order valence-electron chi connectivity index (χ1n) is 8.54. The van der Waals surface area contributed by atoms with Gasteiger partial charge >= 0.3 is 0 Å². The van der Waals surface area contributed by atoms with E-state index in [4.69, 9.17) is 0 Å².